The van der Waals surface area contributed by atoms with Crippen molar-refractivity contribution in [3.8, 4) is 11.5 Å². The number of hydrogen-bond acceptors (Lipinski definition) is 4. The van der Waals surface area contributed by atoms with E-state index in [4.69, 9.17) is 21.7 Å². The van der Waals surface area contributed by atoms with Crippen molar-refractivity contribution in [3.63, 3.8) is 0 Å². The topological polar surface area (TPSA) is 55.4 Å². The molecule has 108 valence electrons. The van der Waals surface area contributed by atoms with E-state index in [0.717, 1.165) is 28.4 Å². The summed E-state index contributed by atoms with van der Waals surface area (Å²) in [6.07, 6.45) is 1.73. The molecule has 0 aliphatic carbocycles. The van der Waals surface area contributed by atoms with E-state index in [2.05, 4.69) is 15.6 Å². The fourth-order valence-electron chi connectivity index (χ4n) is 2.00. The summed E-state index contributed by atoms with van der Waals surface area (Å²) in [5.74, 6) is 2.32. The summed E-state index contributed by atoms with van der Waals surface area (Å²) < 4.78 is 10.6. The van der Waals surface area contributed by atoms with Gasteiger partial charge in [0.1, 0.15) is 5.82 Å². The van der Waals surface area contributed by atoms with Crippen LogP contribution in [0, 0.1) is 6.92 Å². The van der Waals surface area contributed by atoms with Crippen molar-refractivity contribution >= 4 is 23.1 Å². The molecule has 0 radical (unpaired) electrons. The van der Waals surface area contributed by atoms with E-state index in [9.17, 15) is 0 Å². The van der Waals surface area contributed by atoms with E-state index in [0.29, 0.717) is 11.7 Å². The lowest BCUT2D eigenvalue weighted by molar-refractivity contribution is 0.174. The molecule has 2 heterocycles. The van der Waals surface area contributed by atoms with Gasteiger partial charge >= 0.3 is 0 Å². The Bertz CT molecular complexity index is 676. The van der Waals surface area contributed by atoms with Crippen molar-refractivity contribution < 1.29 is 9.47 Å². The Kier molecular flexibility index (Phi) is 3.87. The fraction of sp³-hybridized carbons (Fsp3) is 0.200. The summed E-state index contributed by atoms with van der Waals surface area (Å²) in [5, 5.41) is 6.77. The van der Waals surface area contributed by atoms with Gasteiger partial charge in [-0.15, -0.1) is 0 Å². The first kappa shape index (κ1) is 13.6. The van der Waals surface area contributed by atoms with Crippen LogP contribution in [0.25, 0.3) is 0 Å². The highest BCUT2D eigenvalue weighted by molar-refractivity contribution is 7.80. The number of benzene rings is 1. The van der Waals surface area contributed by atoms with Gasteiger partial charge in [-0.2, -0.15) is 0 Å². The van der Waals surface area contributed by atoms with E-state index in [-0.39, 0.29) is 6.79 Å². The standard InChI is InChI=1S/C15H15N3O2S/c1-10-3-2-6-16-14(10)18-15(21)17-8-11-4-5-12-13(7-11)20-9-19-12/h2-7H,8-9H2,1H3,(H2,16,17,18,21). The number of thiocarbonyl (C=S) groups is 1. The van der Waals surface area contributed by atoms with Gasteiger partial charge in [0.15, 0.2) is 16.6 Å². The van der Waals surface area contributed by atoms with Gasteiger partial charge < -0.3 is 20.1 Å². The lowest BCUT2D eigenvalue weighted by atomic mass is 10.2. The predicted molar refractivity (Wildman–Crippen MR) is 84.6 cm³/mol. The van der Waals surface area contributed by atoms with E-state index < -0.39 is 0 Å². The van der Waals surface area contributed by atoms with E-state index >= 15 is 0 Å². The Morgan fingerprint density at radius 1 is 1.29 bits per heavy atom. The summed E-state index contributed by atoms with van der Waals surface area (Å²) in [7, 11) is 0. The maximum Gasteiger partial charge on any atom is 0.231 e. The normalized spacial score (nSPS) is 12.0. The second-order valence-electron chi connectivity index (χ2n) is 4.66. The maximum absolute atomic E-state index is 5.35. The van der Waals surface area contributed by atoms with Crippen LogP contribution in [-0.4, -0.2) is 16.9 Å². The minimum Gasteiger partial charge on any atom is -0.454 e. The minimum atomic E-state index is 0.283. The second-order valence-corrected chi connectivity index (χ2v) is 5.07. The molecule has 0 saturated heterocycles. The van der Waals surface area contributed by atoms with Gasteiger partial charge in [0, 0.05) is 12.7 Å². The Morgan fingerprint density at radius 2 is 2.14 bits per heavy atom. The highest BCUT2D eigenvalue weighted by Gasteiger charge is 2.13. The zero-order chi connectivity index (χ0) is 14.7. The number of nitrogens with one attached hydrogen (secondary N) is 2. The van der Waals surface area contributed by atoms with Crippen LogP contribution in [0.15, 0.2) is 36.5 Å². The molecule has 0 fully saturated rings. The Morgan fingerprint density at radius 3 is 3.00 bits per heavy atom. The van der Waals surface area contributed by atoms with E-state index in [1.807, 2.05) is 37.3 Å². The van der Waals surface area contributed by atoms with Gasteiger partial charge in [0.25, 0.3) is 0 Å². The van der Waals surface area contributed by atoms with E-state index in [1.54, 1.807) is 6.20 Å². The van der Waals surface area contributed by atoms with Crippen molar-refractivity contribution in [2.75, 3.05) is 12.1 Å². The number of aryl methyl sites for hydroxylation is 1. The molecule has 0 amide bonds. The minimum absolute atomic E-state index is 0.283. The van der Waals surface area contributed by atoms with Crippen LogP contribution in [0.2, 0.25) is 0 Å². The number of anilines is 1. The van der Waals surface area contributed by atoms with E-state index in [1.165, 1.54) is 0 Å². The molecule has 2 N–H and O–H groups in total. The SMILES string of the molecule is Cc1cccnc1NC(=S)NCc1ccc2c(c1)OCO2. The number of ether oxygens (including phenoxy) is 2. The van der Waals surface area contributed by atoms with Gasteiger partial charge in [-0.1, -0.05) is 12.1 Å². The van der Waals surface area contributed by atoms with Crippen LogP contribution in [0.5, 0.6) is 11.5 Å². The molecule has 1 aromatic heterocycles. The number of fused-ring (bicyclic) bond motifs is 1. The van der Waals surface area contributed by atoms with Crippen LogP contribution in [-0.2, 0) is 6.54 Å². The fourth-order valence-corrected chi connectivity index (χ4v) is 2.17. The first-order valence-corrected chi connectivity index (χ1v) is 6.98. The maximum atomic E-state index is 5.35. The van der Waals surface area contributed by atoms with Crippen LogP contribution in [0.1, 0.15) is 11.1 Å². The molecule has 1 aliphatic rings. The van der Waals surface area contributed by atoms with Crippen molar-refractivity contribution in [3.05, 3.63) is 47.7 Å². The first-order chi connectivity index (χ1) is 10.2. The molecule has 0 bridgehead atoms. The molecule has 0 spiro atoms. The molecule has 6 heteroatoms. The number of aromatic nitrogens is 1. The Hall–Kier alpha value is -2.34. The molecule has 0 saturated carbocycles. The highest BCUT2D eigenvalue weighted by Crippen LogP contribution is 2.32. The number of rotatable bonds is 3. The molecule has 1 aromatic carbocycles. The largest absolute Gasteiger partial charge is 0.454 e. The summed E-state index contributed by atoms with van der Waals surface area (Å²) in [6.45, 7) is 2.87. The summed E-state index contributed by atoms with van der Waals surface area (Å²) in [4.78, 5) is 4.25. The third-order valence-corrected chi connectivity index (χ3v) is 3.38. The third-order valence-electron chi connectivity index (χ3n) is 3.13. The molecule has 3 rings (SSSR count). The zero-order valence-corrected chi connectivity index (χ0v) is 12.4. The predicted octanol–water partition coefficient (Wildman–Crippen LogP) is 2.61. The van der Waals surface area contributed by atoms with Gasteiger partial charge in [0.2, 0.25) is 6.79 Å². The lowest BCUT2D eigenvalue weighted by Crippen LogP contribution is -2.28. The highest BCUT2D eigenvalue weighted by atomic mass is 32.1. The van der Waals surface area contributed by atoms with Gasteiger partial charge in [-0.25, -0.2) is 4.98 Å². The monoisotopic (exact) mass is 301 g/mol. The van der Waals surface area contributed by atoms with Crippen LogP contribution in [0.4, 0.5) is 5.82 Å². The molecule has 0 unspecified atom stereocenters. The van der Waals surface area contributed by atoms with Crippen molar-refractivity contribution in [1.82, 2.24) is 10.3 Å². The third kappa shape index (κ3) is 3.22. The Labute approximate surface area is 128 Å². The molecule has 0 atom stereocenters. The summed E-state index contributed by atoms with van der Waals surface area (Å²) >= 11 is 5.28. The smallest absolute Gasteiger partial charge is 0.231 e. The lowest BCUT2D eigenvalue weighted by Gasteiger charge is -2.11. The number of nitrogens with zero attached hydrogens (tertiary/aromatic N) is 1. The summed E-state index contributed by atoms with van der Waals surface area (Å²) in [5.41, 5.74) is 2.12. The molecular weight excluding hydrogens is 286 g/mol. The van der Waals surface area contributed by atoms with Crippen molar-refractivity contribution in [2.45, 2.75) is 13.5 Å². The van der Waals surface area contributed by atoms with Crippen LogP contribution in [0.3, 0.4) is 0 Å². The summed E-state index contributed by atoms with van der Waals surface area (Å²) in [6, 6.07) is 9.71. The number of hydrogen-bond donors (Lipinski definition) is 2. The first-order valence-electron chi connectivity index (χ1n) is 6.57. The van der Waals surface area contributed by atoms with Gasteiger partial charge in [0.05, 0.1) is 0 Å². The Balaban J connectivity index is 1.58. The van der Waals surface area contributed by atoms with Crippen molar-refractivity contribution in [1.29, 1.82) is 0 Å². The quantitative estimate of drug-likeness (QED) is 0.850. The second kappa shape index (κ2) is 5.97. The molecule has 1 aliphatic heterocycles. The molecule has 5 nitrogen and oxygen atoms in total. The van der Waals surface area contributed by atoms with Crippen LogP contribution >= 0.6 is 12.2 Å². The molecule has 21 heavy (non-hydrogen) atoms. The van der Waals surface area contributed by atoms with Gasteiger partial charge in [-0.3, -0.25) is 0 Å². The zero-order valence-electron chi connectivity index (χ0n) is 11.6. The van der Waals surface area contributed by atoms with Gasteiger partial charge in [-0.05, 0) is 48.5 Å². The average molecular weight is 301 g/mol. The average Bonchev–Trinajstić information content (AvgIpc) is 2.95. The molecule has 2 aromatic rings. The van der Waals surface area contributed by atoms with Crippen LogP contribution < -0.4 is 20.1 Å². The van der Waals surface area contributed by atoms with Crippen molar-refractivity contribution in [2.24, 2.45) is 0 Å². The molecular formula is C15H15N3O2S. The number of pyridine rings is 1.